The van der Waals surface area contributed by atoms with Crippen LogP contribution in [-0.4, -0.2) is 45.6 Å². The molecule has 1 saturated carbocycles. The van der Waals surface area contributed by atoms with Crippen molar-refractivity contribution >= 4 is 53.0 Å². The number of hydrogen-bond donors (Lipinski definition) is 2. The molecule has 1 fully saturated rings. The van der Waals surface area contributed by atoms with Crippen molar-refractivity contribution in [1.82, 2.24) is 30.4 Å². The molecule has 0 aliphatic heterocycles. The maximum absolute atomic E-state index is 4.56. The molecule has 0 radical (unpaired) electrons. The fourth-order valence-electron chi connectivity index (χ4n) is 3.59. The minimum absolute atomic E-state index is 0. The molecule has 1 aliphatic rings. The third-order valence-corrected chi connectivity index (χ3v) is 6.90. The number of hydrogen-bond acceptors (Lipinski definition) is 6. The van der Waals surface area contributed by atoms with E-state index < -0.39 is 0 Å². The van der Waals surface area contributed by atoms with Gasteiger partial charge in [0.1, 0.15) is 10.8 Å². The highest BCUT2D eigenvalue weighted by atomic mass is 127. The molecule has 7 nitrogen and oxygen atoms in total. The zero-order valence-corrected chi connectivity index (χ0v) is 21.7. The van der Waals surface area contributed by atoms with Crippen LogP contribution in [0.1, 0.15) is 59.5 Å². The van der Waals surface area contributed by atoms with Crippen molar-refractivity contribution in [3.8, 4) is 0 Å². The SMILES string of the molecule is CN=C(NCCCc1nnc(SC)n1C1CCCC1)NCc1nc(C)c(C)s1.I. The van der Waals surface area contributed by atoms with Crippen LogP contribution in [0.15, 0.2) is 10.1 Å². The number of nitrogens with zero attached hydrogens (tertiary/aromatic N) is 5. The highest BCUT2D eigenvalue weighted by molar-refractivity contribution is 14.0. The summed E-state index contributed by atoms with van der Waals surface area (Å²) in [6, 6.07) is 0.583. The first kappa shape index (κ1) is 24.4. The first-order valence-electron chi connectivity index (χ1n) is 9.97. The van der Waals surface area contributed by atoms with E-state index in [1.807, 2.05) is 0 Å². The normalized spacial score (nSPS) is 14.8. The molecule has 0 aromatic carbocycles. The van der Waals surface area contributed by atoms with E-state index in [0.29, 0.717) is 12.6 Å². The van der Waals surface area contributed by atoms with Gasteiger partial charge in [-0.15, -0.1) is 45.5 Å². The van der Waals surface area contributed by atoms with Gasteiger partial charge in [-0.3, -0.25) is 4.99 Å². The predicted molar refractivity (Wildman–Crippen MR) is 133 cm³/mol. The predicted octanol–water partition coefficient (Wildman–Crippen LogP) is 4.10. The smallest absolute Gasteiger partial charge is 0.191 e. The van der Waals surface area contributed by atoms with E-state index in [9.17, 15) is 0 Å². The molecule has 0 bridgehead atoms. The second-order valence-corrected chi connectivity index (χ2v) is 9.18. The second-order valence-electron chi connectivity index (χ2n) is 7.12. The molecule has 162 valence electrons. The number of thioether (sulfide) groups is 1. The Bertz CT molecular complexity index is 777. The molecule has 0 saturated heterocycles. The van der Waals surface area contributed by atoms with Crippen LogP contribution in [0.4, 0.5) is 0 Å². The molecule has 29 heavy (non-hydrogen) atoms. The van der Waals surface area contributed by atoms with Crippen LogP contribution < -0.4 is 10.6 Å². The zero-order chi connectivity index (χ0) is 19.9. The van der Waals surface area contributed by atoms with Crippen LogP contribution in [0.3, 0.4) is 0 Å². The van der Waals surface area contributed by atoms with Gasteiger partial charge in [-0.1, -0.05) is 24.6 Å². The van der Waals surface area contributed by atoms with E-state index in [1.165, 1.54) is 30.6 Å². The molecule has 2 aromatic rings. The second kappa shape index (κ2) is 12.1. The maximum Gasteiger partial charge on any atom is 0.191 e. The first-order valence-corrected chi connectivity index (χ1v) is 12.0. The van der Waals surface area contributed by atoms with E-state index in [-0.39, 0.29) is 24.0 Å². The number of aryl methyl sites for hydroxylation is 3. The van der Waals surface area contributed by atoms with Crippen molar-refractivity contribution in [3.05, 3.63) is 21.4 Å². The number of halogens is 1. The summed E-state index contributed by atoms with van der Waals surface area (Å²) in [6.07, 6.45) is 9.15. The summed E-state index contributed by atoms with van der Waals surface area (Å²) in [6.45, 7) is 5.71. The lowest BCUT2D eigenvalue weighted by atomic mass is 10.2. The summed E-state index contributed by atoms with van der Waals surface area (Å²) >= 11 is 3.43. The van der Waals surface area contributed by atoms with Gasteiger partial charge in [0.05, 0.1) is 12.2 Å². The number of aromatic nitrogens is 4. The third-order valence-electron chi connectivity index (χ3n) is 5.18. The van der Waals surface area contributed by atoms with E-state index in [0.717, 1.165) is 47.0 Å². The van der Waals surface area contributed by atoms with Gasteiger partial charge < -0.3 is 15.2 Å². The average molecular weight is 550 g/mol. The summed E-state index contributed by atoms with van der Waals surface area (Å²) in [7, 11) is 1.80. The van der Waals surface area contributed by atoms with Gasteiger partial charge in [-0.25, -0.2) is 4.98 Å². The highest BCUT2D eigenvalue weighted by Gasteiger charge is 2.23. The zero-order valence-electron chi connectivity index (χ0n) is 17.7. The van der Waals surface area contributed by atoms with Gasteiger partial charge in [0.2, 0.25) is 0 Å². The molecule has 2 N–H and O–H groups in total. The quantitative estimate of drug-likeness (QED) is 0.170. The lowest BCUT2D eigenvalue weighted by Gasteiger charge is -2.16. The lowest BCUT2D eigenvalue weighted by molar-refractivity contribution is 0.460. The van der Waals surface area contributed by atoms with Crippen LogP contribution in [0.25, 0.3) is 0 Å². The van der Waals surface area contributed by atoms with Gasteiger partial charge in [0.25, 0.3) is 0 Å². The molecule has 1 aliphatic carbocycles. The number of guanidine groups is 1. The van der Waals surface area contributed by atoms with Gasteiger partial charge in [-0.2, -0.15) is 0 Å². The Hall–Kier alpha value is -0.880. The van der Waals surface area contributed by atoms with Crippen molar-refractivity contribution in [2.45, 2.75) is 70.1 Å². The van der Waals surface area contributed by atoms with Crippen molar-refractivity contribution in [1.29, 1.82) is 0 Å². The molecule has 3 rings (SSSR count). The number of thiazole rings is 1. The molecule has 0 amide bonds. The van der Waals surface area contributed by atoms with Crippen LogP contribution in [0.5, 0.6) is 0 Å². The minimum atomic E-state index is 0. The van der Waals surface area contributed by atoms with Crippen molar-refractivity contribution < 1.29 is 0 Å². The van der Waals surface area contributed by atoms with Crippen molar-refractivity contribution in [2.75, 3.05) is 19.8 Å². The average Bonchev–Trinajstić information content (AvgIpc) is 3.41. The lowest BCUT2D eigenvalue weighted by Crippen LogP contribution is -2.37. The fourth-order valence-corrected chi connectivity index (χ4v) is 5.04. The standard InChI is InChI=1S/C19H31N7S2.HI/c1-13-14(2)28-17(23-13)12-22-18(20-3)21-11-7-10-16-24-25-19(27-4)26(16)15-8-5-6-9-15;/h15H,5-12H2,1-4H3,(H2,20,21,22);1H. The van der Waals surface area contributed by atoms with Crippen molar-refractivity contribution in [2.24, 2.45) is 4.99 Å². The largest absolute Gasteiger partial charge is 0.356 e. The Kier molecular flexibility index (Phi) is 10.2. The topological polar surface area (TPSA) is 80.0 Å². The van der Waals surface area contributed by atoms with Crippen LogP contribution in [0.2, 0.25) is 0 Å². The summed E-state index contributed by atoms with van der Waals surface area (Å²) in [4.78, 5) is 10.1. The number of aliphatic imine (C=N–C) groups is 1. The molecular formula is C19H32IN7S2. The van der Waals surface area contributed by atoms with Crippen LogP contribution in [0, 0.1) is 13.8 Å². The molecular weight excluding hydrogens is 517 g/mol. The Morgan fingerprint density at radius 3 is 2.62 bits per heavy atom. The number of rotatable bonds is 8. The molecule has 0 unspecified atom stereocenters. The molecule has 2 aromatic heterocycles. The summed E-state index contributed by atoms with van der Waals surface area (Å²) < 4.78 is 2.39. The number of nitrogens with one attached hydrogen (secondary N) is 2. The Morgan fingerprint density at radius 1 is 1.24 bits per heavy atom. The minimum Gasteiger partial charge on any atom is -0.356 e. The van der Waals surface area contributed by atoms with Gasteiger partial charge in [-0.05, 0) is 39.4 Å². The van der Waals surface area contributed by atoms with Gasteiger partial charge in [0, 0.05) is 30.9 Å². The Labute approximate surface area is 199 Å². The Morgan fingerprint density at radius 2 is 2.00 bits per heavy atom. The van der Waals surface area contributed by atoms with E-state index in [4.69, 9.17) is 0 Å². The third kappa shape index (κ3) is 6.55. The summed E-state index contributed by atoms with van der Waals surface area (Å²) in [5.41, 5.74) is 1.11. The van der Waals surface area contributed by atoms with Crippen LogP contribution in [-0.2, 0) is 13.0 Å². The summed E-state index contributed by atoms with van der Waals surface area (Å²) in [5, 5.41) is 17.7. The fraction of sp³-hybridized carbons (Fsp3) is 0.684. The molecule has 0 spiro atoms. The maximum atomic E-state index is 4.56. The highest BCUT2D eigenvalue weighted by Crippen LogP contribution is 2.33. The van der Waals surface area contributed by atoms with Gasteiger partial charge in [0.15, 0.2) is 11.1 Å². The monoisotopic (exact) mass is 549 g/mol. The van der Waals surface area contributed by atoms with Crippen molar-refractivity contribution in [3.63, 3.8) is 0 Å². The molecule has 0 atom stereocenters. The van der Waals surface area contributed by atoms with E-state index >= 15 is 0 Å². The molecule has 2 heterocycles. The molecule has 10 heteroatoms. The van der Waals surface area contributed by atoms with E-state index in [2.05, 4.69) is 55.5 Å². The summed E-state index contributed by atoms with van der Waals surface area (Å²) in [5.74, 6) is 1.93. The van der Waals surface area contributed by atoms with Gasteiger partial charge >= 0.3 is 0 Å². The van der Waals surface area contributed by atoms with Crippen LogP contribution >= 0.6 is 47.1 Å². The van der Waals surface area contributed by atoms with E-state index in [1.54, 1.807) is 30.1 Å². The Balaban J connectivity index is 0.00000300. The first-order chi connectivity index (χ1) is 13.6.